The van der Waals surface area contributed by atoms with Crippen LogP contribution in [0.25, 0.3) is 0 Å². The van der Waals surface area contributed by atoms with E-state index in [9.17, 15) is 0 Å². The van der Waals surface area contributed by atoms with E-state index in [0.717, 1.165) is 0 Å². The molecule has 0 saturated carbocycles. The maximum absolute atomic E-state index is 8.55. The number of hydrogen-bond acceptors (Lipinski definition) is 12. The van der Waals surface area contributed by atoms with Gasteiger partial charge in [-0.3, -0.25) is 0 Å². The van der Waals surface area contributed by atoms with Gasteiger partial charge in [-0.25, -0.2) is 0 Å². The summed E-state index contributed by atoms with van der Waals surface area (Å²) in [6, 6.07) is 0. The fourth-order valence-electron chi connectivity index (χ4n) is 0. The molecule has 101 valence electrons. The van der Waals surface area contributed by atoms with E-state index < -0.39 is 23.5 Å². The SMILES string of the molecule is O=P([O-])([O-])[O-].O=P([O-])([O-])[O-].O=P([O-])([O-])[O-].[Ca+2].[Mn+2].[V+5]. The van der Waals surface area contributed by atoms with Crippen LogP contribution in [0.1, 0.15) is 0 Å². The van der Waals surface area contributed by atoms with Crippen molar-refractivity contribution in [2.24, 2.45) is 0 Å². The van der Waals surface area contributed by atoms with Gasteiger partial charge in [-0.2, -0.15) is 23.5 Å². The zero-order valence-electron chi connectivity index (χ0n) is 7.77. The summed E-state index contributed by atoms with van der Waals surface area (Å²) < 4.78 is 25.6. The van der Waals surface area contributed by atoms with Gasteiger partial charge in [0.2, 0.25) is 0 Å². The Morgan fingerprint density at radius 1 is 0.500 bits per heavy atom. The monoisotopic (exact) mass is 431 g/mol. The fourth-order valence-corrected chi connectivity index (χ4v) is 0. The van der Waals surface area contributed by atoms with Crippen molar-refractivity contribution >= 4 is 61.2 Å². The van der Waals surface area contributed by atoms with Crippen molar-refractivity contribution in [3.05, 3.63) is 0 Å². The third kappa shape index (κ3) is 807. The molecule has 0 aliphatic carbocycles. The molecular formula is CaMnO12P3V. The van der Waals surface area contributed by atoms with E-state index in [4.69, 9.17) is 57.7 Å². The molecule has 0 atom stereocenters. The van der Waals surface area contributed by atoms with Crippen LogP contribution in [0.15, 0.2) is 0 Å². The van der Waals surface area contributed by atoms with Crippen LogP contribution < -0.4 is 44.0 Å². The van der Waals surface area contributed by atoms with Crippen molar-refractivity contribution < 1.29 is 93.4 Å². The average molecular weight is 431 g/mol. The minimum Gasteiger partial charge on any atom is -0.822 e. The van der Waals surface area contributed by atoms with E-state index in [1.165, 1.54) is 0 Å². The van der Waals surface area contributed by atoms with E-state index in [0.29, 0.717) is 0 Å². The number of phosphoric acid groups is 3. The molecule has 18 heteroatoms. The molecule has 0 aliphatic heterocycles. The van der Waals surface area contributed by atoms with Crippen molar-refractivity contribution in [2.45, 2.75) is 0 Å². The Labute approximate surface area is 153 Å². The first-order valence-corrected chi connectivity index (χ1v) is 6.57. The predicted octanol–water partition coefficient (Wildman–Crippen LogP) is -8.86. The second-order valence-corrected chi connectivity index (χ2v) is 4.02. The second kappa shape index (κ2) is 16.1. The summed E-state index contributed by atoms with van der Waals surface area (Å²) in [5.74, 6) is 0. The molecule has 0 aromatic rings. The van der Waals surface area contributed by atoms with E-state index >= 15 is 0 Å². The molecule has 0 aromatic heterocycles. The van der Waals surface area contributed by atoms with Gasteiger partial charge in [0.05, 0.1) is 0 Å². The first kappa shape index (κ1) is 37.2. The van der Waals surface area contributed by atoms with Gasteiger partial charge in [-0.15, -0.1) is 0 Å². The Morgan fingerprint density at radius 3 is 0.500 bits per heavy atom. The Balaban J connectivity index is -0.0000000277. The van der Waals surface area contributed by atoms with Gasteiger partial charge in [0.1, 0.15) is 0 Å². The maximum atomic E-state index is 8.55. The first-order valence-electron chi connectivity index (χ1n) is 2.19. The molecule has 0 aliphatic rings. The average Bonchev–Trinajstić information content (AvgIpc) is 1.41. The molecule has 0 amide bonds. The molecule has 0 saturated heterocycles. The smallest absolute Gasteiger partial charge is 0.822 e. The van der Waals surface area contributed by atoms with Gasteiger partial charge in [0.15, 0.2) is 0 Å². The van der Waals surface area contributed by atoms with Crippen molar-refractivity contribution in [3.8, 4) is 0 Å². The molecule has 12 nitrogen and oxygen atoms in total. The van der Waals surface area contributed by atoms with Crippen LogP contribution >= 0.6 is 23.5 Å². The minimum atomic E-state index is -5.39. The van der Waals surface area contributed by atoms with Crippen LogP contribution in [-0.4, -0.2) is 37.7 Å². The molecule has 0 N–H and O–H groups in total. The Morgan fingerprint density at radius 2 is 0.500 bits per heavy atom. The minimum absolute atomic E-state index is 0. The van der Waals surface area contributed by atoms with Gasteiger partial charge in [-0.1, -0.05) is 0 Å². The molecule has 0 rings (SSSR count). The largest absolute Gasteiger partial charge is 5.00 e. The van der Waals surface area contributed by atoms with Gasteiger partial charge in [0, 0.05) is 0 Å². The number of rotatable bonds is 0. The summed E-state index contributed by atoms with van der Waals surface area (Å²) >= 11 is 0. The van der Waals surface area contributed by atoms with Crippen LogP contribution in [0.4, 0.5) is 0 Å². The molecule has 0 heterocycles. The molecule has 0 bridgehead atoms. The molecule has 0 aromatic carbocycles. The standard InChI is InChI=1S/Ca.Mn.3H3O4P.V/c;;3*1-5(2,3)4;/h;;3*(H3,1,2,3,4);/q2*+2;;;;+5/p-9. The van der Waals surface area contributed by atoms with Gasteiger partial charge in [-0.05, 0) is 0 Å². The fraction of sp³-hybridized carbons (Fsp3) is 0. The van der Waals surface area contributed by atoms with E-state index in [1.54, 1.807) is 0 Å². The van der Waals surface area contributed by atoms with E-state index in [-0.39, 0.29) is 73.4 Å². The van der Waals surface area contributed by atoms with Crippen LogP contribution in [0, 0.1) is 0 Å². The summed E-state index contributed by atoms with van der Waals surface area (Å²) in [7, 11) is -16.2. The molecule has 0 unspecified atom stereocenters. The van der Waals surface area contributed by atoms with Crippen molar-refractivity contribution in [3.63, 3.8) is 0 Å². The molecule has 18 heavy (non-hydrogen) atoms. The number of hydrogen-bond donors (Lipinski definition) is 0. The van der Waals surface area contributed by atoms with Crippen LogP contribution in [0.3, 0.4) is 0 Å². The predicted molar refractivity (Wildman–Crippen MR) is 28.6 cm³/mol. The van der Waals surface area contributed by atoms with Crippen LogP contribution in [0.2, 0.25) is 0 Å². The van der Waals surface area contributed by atoms with Crippen LogP contribution in [0.5, 0.6) is 0 Å². The van der Waals surface area contributed by atoms with E-state index in [2.05, 4.69) is 0 Å². The third-order valence-electron chi connectivity index (χ3n) is 0. The third-order valence-corrected chi connectivity index (χ3v) is 0. The van der Waals surface area contributed by atoms with Gasteiger partial charge >= 0.3 is 73.4 Å². The normalized spacial score (nSPS) is 9.83. The van der Waals surface area contributed by atoms with E-state index in [1.807, 2.05) is 0 Å². The summed E-state index contributed by atoms with van der Waals surface area (Å²) in [5, 5.41) is 0. The first-order chi connectivity index (χ1) is 6.00. The zero-order chi connectivity index (χ0) is 13.5. The summed E-state index contributed by atoms with van der Waals surface area (Å²) in [4.78, 5) is 76.9. The Kier molecular flexibility index (Phi) is 33.2. The van der Waals surface area contributed by atoms with Gasteiger partial charge in [0.25, 0.3) is 0 Å². The molecular weight excluding hydrogens is 431 g/mol. The Bertz CT molecular complexity index is 213. The molecule has 0 spiro atoms. The molecule has 1 radical (unpaired) electrons. The summed E-state index contributed by atoms with van der Waals surface area (Å²) in [6.45, 7) is 0. The topological polar surface area (TPSA) is 259 Å². The Hall–Kier alpha value is 2.69. The van der Waals surface area contributed by atoms with Crippen molar-refractivity contribution in [1.29, 1.82) is 0 Å². The summed E-state index contributed by atoms with van der Waals surface area (Å²) in [5.41, 5.74) is 0. The second-order valence-electron chi connectivity index (χ2n) is 1.34. The van der Waals surface area contributed by atoms with Crippen LogP contribution in [-0.2, 0) is 49.3 Å². The quantitative estimate of drug-likeness (QED) is 0.256. The molecule has 0 fully saturated rings. The summed E-state index contributed by atoms with van der Waals surface area (Å²) in [6.07, 6.45) is 0. The maximum Gasteiger partial charge on any atom is 5.00 e. The van der Waals surface area contributed by atoms with Gasteiger partial charge < -0.3 is 57.7 Å². The zero-order valence-corrected chi connectivity index (χ0v) is 15.2. The van der Waals surface area contributed by atoms with Crippen molar-refractivity contribution in [2.75, 3.05) is 0 Å². The van der Waals surface area contributed by atoms with Crippen molar-refractivity contribution in [1.82, 2.24) is 0 Å².